The SMILES string of the molecule is CCCN(C)C=CC(=O)N(C)C.Cl. The van der Waals surface area contributed by atoms with Crippen LogP contribution in [0.25, 0.3) is 0 Å². The number of likely N-dealkylation sites (N-methyl/N-ethyl adjacent to an activating group) is 1. The minimum absolute atomic E-state index is 0. The largest absolute Gasteiger partial charge is 0.380 e. The number of carbonyl (C=O) groups is 1. The zero-order valence-electron chi connectivity index (χ0n) is 8.78. The van der Waals surface area contributed by atoms with Crippen molar-refractivity contribution in [2.45, 2.75) is 13.3 Å². The maximum Gasteiger partial charge on any atom is 0.247 e. The quantitative estimate of drug-likeness (QED) is 0.649. The van der Waals surface area contributed by atoms with E-state index in [9.17, 15) is 4.79 Å². The molecule has 4 heteroatoms. The Kier molecular flexibility index (Phi) is 9.02. The first-order valence-electron chi connectivity index (χ1n) is 4.17. The van der Waals surface area contributed by atoms with Gasteiger partial charge in [-0.1, -0.05) is 6.92 Å². The molecule has 0 N–H and O–H groups in total. The van der Waals surface area contributed by atoms with Gasteiger partial charge in [-0.15, -0.1) is 12.4 Å². The molecule has 1 amide bonds. The standard InChI is InChI=1S/C9H18N2O.ClH/c1-5-7-11(4)8-6-9(12)10(2)3;/h6,8H,5,7H2,1-4H3;1H. The van der Waals surface area contributed by atoms with E-state index in [0.717, 1.165) is 13.0 Å². The van der Waals surface area contributed by atoms with Gasteiger partial charge in [-0.05, 0) is 6.42 Å². The summed E-state index contributed by atoms with van der Waals surface area (Å²) < 4.78 is 0. The van der Waals surface area contributed by atoms with Crippen LogP contribution in [0.5, 0.6) is 0 Å². The summed E-state index contributed by atoms with van der Waals surface area (Å²) in [4.78, 5) is 14.6. The number of rotatable bonds is 4. The molecule has 3 nitrogen and oxygen atoms in total. The predicted octanol–water partition coefficient (Wildman–Crippen LogP) is 1.35. The first-order valence-corrected chi connectivity index (χ1v) is 4.17. The summed E-state index contributed by atoms with van der Waals surface area (Å²) in [6.45, 7) is 3.09. The lowest BCUT2D eigenvalue weighted by Gasteiger charge is -2.12. The first kappa shape index (κ1) is 14.8. The number of hydrogen-bond acceptors (Lipinski definition) is 2. The average molecular weight is 207 g/mol. The highest BCUT2D eigenvalue weighted by atomic mass is 35.5. The maximum absolute atomic E-state index is 11.1. The molecule has 0 spiro atoms. The number of amides is 1. The zero-order chi connectivity index (χ0) is 9.56. The van der Waals surface area contributed by atoms with Gasteiger partial charge < -0.3 is 9.80 Å². The van der Waals surface area contributed by atoms with Crippen molar-refractivity contribution in [1.29, 1.82) is 0 Å². The first-order chi connectivity index (χ1) is 5.57. The fourth-order valence-electron chi connectivity index (χ4n) is 0.767. The molecule has 0 aliphatic heterocycles. The highest BCUT2D eigenvalue weighted by molar-refractivity contribution is 5.86. The molecule has 0 fully saturated rings. The molecule has 13 heavy (non-hydrogen) atoms. The second-order valence-corrected chi connectivity index (χ2v) is 3.03. The average Bonchev–Trinajstić information content (AvgIpc) is 2.00. The van der Waals surface area contributed by atoms with Gasteiger partial charge in [0.05, 0.1) is 0 Å². The molecular weight excluding hydrogens is 188 g/mol. The maximum atomic E-state index is 11.1. The van der Waals surface area contributed by atoms with Crippen LogP contribution in [0, 0.1) is 0 Å². The van der Waals surface area contributed by atoms with Crippen molar-refractivity contribution in [1.82, 2.24) is 9.80 Å². The Morgan fingerprint density at radius 3 is 2.23 bits per heavy atom. The number of halogens is 1. The van der Waals surface area contributed by atoms with Gasteiger partial charge in [0.15, 0.2) is 0 Å². The van der Waals surface area contributed by atoms with Crippen LogP contribution in [0.4, 0.5) is 0 Å². The van der Waals surface area contributed by atoms with E-state index in [1.807, 2.05) is 18.1 Å². The molecule has 0 aromatic carbocycles. The number of carbonyl (C=O) groups excluding carboxylic acids is 1. The van der Waals surface area contributed by atoms with Crippen molar-refractivity contribution in [3.63, 3.8) is 0 Å². The van der Waals surface area contributed by atoms with Crippen molar-refractivity contribution in [3.05, 3.63) is 12.3 Å². The fourth-order valence-corrected chi connectivity index (χ4v) is 0.767. The molecule has 78 valence electrons. The summed E-state index contributed by atoms with van der Waals surface area (Å²) in [5.41, 5.74) is 0. The second-order valence-electron chi connectivity index (χ2n) is 3.03. The van der Waals surface area contributed by atoms with Crippen LogP contribution < -0.4 is 0 Å². The van der Waals surface area contributed by atoms with Gasteiger partial charge in [0, 0.05) is 40.0 Å². The summed E-state index contributed by atoms with van der Waals surface area (Å²) in [7, 11) is 5.45. The van der Waals surface area contributed by atoms with Crippen LogP contribution in [0.1, 0.15) is 13.3 Å². The third kappa shape index (κ3) is 7.65. The van der Waals surface area contributed by atoms with E-state index in [-0.39, 0.29) is 18.3 Å². The van der Waals surface area contributed by atoms with Gasteiger partial charge in [0.1, 0.15) is 0 Å². The molecule has 0 saturated carbocycles. The van der Waals surface area contributed by atoms with Gasteiger partial charge in [-0.3, -0.25) is 4.79 Å². The van der Waals surface area contributed by atoms with Crippen LogP contribution in [0.2, 0.25) is 0 Å². The molecular formula is C9H19ClN2O. The minimum atomic E-state index is 0. The Morgan fingerprint density at radius 2 is 1.85 bits per heavy atom. The molecule has 0 aliphatic carbocycles. The second kappa shape index (κ2) is 7.92. The topological polar surface area (TPSA) is 23.6 Å². The fraction of sp³-hybridized carbons (Fsp3) is 0.667. The lowest BCUT2D eigenvalue weighted by molar-refractivity contribution is -0.123. The Hall–Kier alpha value is -0.700. The van der Waals surface area contributed by atoms with Gasteiger partial charge in [0.2, 0.25) is 5.91 Å². The molecule has 0 bridgehead atoms. The Labute approximate surface area is 86.8 Å². The minimum Gasteiger partial charge on any atom is -0.380 e. The smallest absolute Gasteiger partial charge is 0.247 e. The van der Waals surface area contributed by atoms with Gasteiger partial charge >= 0.3 is 0 Å². The summed E-state index contributed by atoms with van der Waals surface area (Å²) >= 11 is 0. The Bertz CT molecular complexity index is 169. The van der Waals surface area contributed by atoms with Gasteiger partial charge in [-0.25, -0.2) is 0 Å². The van der Waals surface area contributed by atoms with E-state index in [0.29, 0.717) is 0 Å². The van der Waals surface area contributed by atoms with Crippen LogP contribution in [0.15, 0.2) is 12.3 Å². The van der Waals surface area contributed by atoms with Gasteiger partial charge in [-0.2, -0.15) is 0 Å². The van der Waals surface area contributed by atoms with E-state index in [2.05, 4.69) is 6.92 Å². The predicted molar refractivity (Wildman–Crippen MR) is 58.0 cm³/mol. The van der Waals surface area contributed by atoms with Gasteiger partial charge in [0.25, 0.3) is 0 Å². The third-order valence-corrected chi connectivity index (χ3v) is 1.49. The molecule has 0 aliphatic rings. The lowest BCUT2D eigenvalue weighted by atomic mass is 10.4. The highest BCUT2D eigenvalue weighted by Crippen LogP contribution is 1.89. The normalized spacial score (nSPS) is 9.54. The number of nitrogens with zero attached hydrogens (tertiary/aromatic N) is 2. The van der Waals surface area contributed by atoms with Crippen molar-refractivity contribution in [3.8, 4) is 0 Å². The van der Waals surface area contributed by atoms with Crippen LogP contribution in [-0.4, -0.2) is 43.4 Å². The lowest BCUT2D eigenvalue weighted by Crippen LogP contribution is -2.20. The van der Waals surface area contributed by atoms with E-state index in [1.165, 1.54) is 0 Å². The summed E-state index contributed by atoms with van der Waals surface area (Å²) in [5.74, 6) is 0.0259. The molecule has 0 radical (unpaired) electrons. The summed E-state index contributed by atoms with van der Waals surface area (Å²) in [6.07, 6.45) is 4.48. The molecule has 0 atom stereocenters. The molecule has 0 aromatic rings. The van der Waals surface area contributed by atoms with E-state index in [4.69, 9.17) is 0 Å². The van der Waals surface area contributed by atoms with E-state index in [1.54, 1.807) is 25.1 Å². The van der Waals surface area contributed by atoms with Crippen molar-refractivity contribution in [2.75, 3.05) is 27.7 Å². The van der Waals surface area contributed by atoms with E-state index < -0.39 is 0 Å². The van der Waals surface area contributed by atoms with Crippen LogP contribution >= 0.6 is 12.4 Å². The highest BCUT2D eigenvalue weighted by Gasteiger charge is 1.96. The van der Waals surface area contributed by atoms with Crippen molar-refractivity contribution in [2.24, 2.45) is 0 Å². The molecule has 0 rings (SSSR count). The van der Waals surface area contributed by atoms with Crippen molar-refractivity contribution >= 4 is 18.3 Å². The van der Waals surface area contributed by atoms with E-state index >= 15 is 0 Å². The summed E-state index contributed by atoms with van der Waals surface area (Å²) in [5, 5.41) is 0. The van der Waals surface area contributed by atoms with Crippen LogP contribution in [-0.2, 0) is 4.79 Å². The number of hydrogen-bond donors (Lipinski definition) is 0. The van der Waals surface area contributed by atoms with Crippen molar-refractivity contribution < 1.29 is 4.79 Å². The molecule has 0 unspecified atom stereocenters. The molecule has 0 heterocycles. The third-order valence-electron chi connectivity index (χ3n) is 1.49. The Morgan fingerprint density at radius 1 is 1.31 bits per heavy atom. The van der Waals surface area contributed by atoms with Crippen LogP contribution in [0.3, 0.4) is 0 Å². The summed E-state index contributed by atoms with van der Waals surface area (Å²) in [6, 6.07) is 0. The molecule has 0 aromatic heterocycles. The Balaban J connectivity index is 0. The monoisotopic (exact) mass is 206 g/mol. The molecule has 0 saturated heterocycles. The zero-order valence-corrected chi connectivity index (χ0v) is 9.60.